The number of rotatable bonds is 3. The Morgan fingerprint density at radius 1 is 0.606 bits per heavy atom. The third kappa shape index (κ3) is 3.82. The van der Waals surface area contributed by atoms with Crippen molar-refractivity contribution in [1.29, 1.82) is 0 Å². The zero-order valence-electron chi connectivity index (χ0n) is 18.3. The van der Waals surface area contributed by atoms with Crippen LogP contribution in [0.2, 0.25) is 0 Å². The van der Waals surface area contributed by atoms with Gasteiger partial charge in [-0.2, -0.15) is 0 Å². The van der Waals surface area contributed by atoms with Crippen molar-refractivity contribution in [3.63, 3.8) is 0 Å². The monoisotopic (exact) mass is 540 g/mol. The van der Waals surface area contributed by atoms with Gasteiger partial charge in [0.1, 0.15) is 0 Å². The van der Waals surface area contributed by atoms with Gasteiger partial charge in [0.15, 0.2) is 0 Å². The van der Waals surface area contributed by atoms with E-state index in [9.17, 15) is 0 Å². The number of hydrogen-bond donors (Lipinski definition) is 0. The Balaban J connectivity index is 1.49. The zero-order chi connectivity index (χ0) is 22.4. The van der Waals surface area contributed by atoms with E-state index in [1.165, 1.54) is 26.0 Å². The fraction of sp³-hybridized carbons (Fsp3) is 0.0714. The number of aromatic nitrogens is 4. The van der Waals surface area contributed by atoms with Crippen molar-refractivity contribution in [2.24, 2.45) is 0 Å². The normalized spacial score (nSPS) is 12.1. The molecular weight excluding hydrogens is 519 g/mol. The van der Waals surface area contributed by atoms with Crippen LogP contribution in [0.3, 0.4) is 0 Å². The van der Waals surface area contributed by atoms with Crippen LogP contribution in [-0.2, 0) is 0 Å². The number of aryl methyl sites for hydroxylation is 2. The van der Waals surface area contributed by atoms with Gasteiger partial charge in [-0.05, 0) is 0 Å². The van der Waals surface area contributed by atoms with Crippen LogP contribution in [0.1, 0.15) is 11.1 Å². The molecule has 3 heterocycles. The fourth-order valence-corrected chi connectivity index (χ4v) is 6.68. The number of pyridine rings is 1. The van der Waals surface area contributed by atoms with E-state index >= 15 is 0 Å². The first-order chi connectivity index (χ1) is 16.1. The van der Waals surface area contributed by atoms with E-state index in [1.807, 2.05) is 0 Å². The minimum absolute atomic E-state index is 0.273. The third-order valence-corrected chi connectivity index (χ3v) is 8.53. The summed E-state index contributed by atoms with van der Waals surface area (Å²) in [6.07, 6.45) is 2.18. The maximum atomic E-state index is 4.90. The van der Waals surface area contributed by atoms with Gasteiger partial charge in [0.05, 0.1) is 0 Å². The minimum atomic E-state index is -0.273. The van der Waals surface area contributed by atoms with Crippen molar-refractivity contribution in [3.8, 4) is 45.4 Å². The zero-order valence-corrected chi connectivity index (χ0v) is 20.5. The molecule has 0 N–H and O–H groups in total. The van der Waals surface area contributed by atoms with Crippen LogP contribution in [0, 0.1) is 17.4 Å². The molecule has 1 aliphatic heterocycles. The van der Waals surface area contributed by atoms with Crippen LogP contribution in [0.25, 0.3) is 45.4 Å². The fourth-order valence-electron chi connectivity index (χ4n) is 3.90. The molecule has 1 aliphatic rings. The molecule has 4 nitrogen and oxygen atoms in total. The summed E-state index contributed by atoms with van der Waals surface area (Å²) in [7, 11) is 0. The molecule has 33 heavy (non-hydrogen) atoms. The van der Waals surface area contributed by atoms with E-state index in [0.29, 0.717) is 17.5 Å². The molecule has 0 aliphatic carbocycles. The van der Waals surface area contributed by atoms with Gasteiger partial charge in [-0.1, -0.05) is 0 Å². The molecule has 160 valence electrons. The van der Waals surface area contributed by atoms with E-state index in [-0.39, 0.29) is 21.5 Å². The Morgan fingerprint density at radius 2 is 1.15 bits per heavy atom. The molecule has 0 spiro atoms. The molecule has 6 rings (SSSR count). The van der Waals surface area contributed by atoms with Crippen molar-refractivity contribution < 1.29 is 24.3 Å². The Morgan fingerprint density at radius 3 is 1.76 bits per heavy atom. The van der Waals surface area contributed by atoms with Crippen molar-refractivity contribution in [2.45, 2.75) is 13.8 Å². The Bertz CT molecular complexity index is 1430. The SMILES string of the molecule is Cc1ccc(-c2nc(-c3ccc(C)cc3)nc(-c3ccc4c(c3)[I-][n+]3ccccc3-4)n2)cc1. The van der Waals surface area contributed by atoms with Crippen molar-refractivity contribution >= 4 is 0 Å². The number of hydrogen-bond acceptors (Lipinski definition) is 3. The summed E-state index contributed by atoms with van der Waals surface area (Å²) in [5.74, 6) is 2.11. The summed E-state index contributed by atoms with van der Waals surface area (Å²) in [5, 5.41) is 0. The number of fused-ring (bicyclic) bond motifs is 3. The van der Waals surface area contributed by atoms with Crippen LogP contribution in [0.5, 0.6) is 0 Å². The van der Waals surface area contributed by atoms with Crippen LogP contribution >= 0.6 is 0 Å². The molecule has 0 atom stereocenters. The second-order valence-corrected chi connectivity index (χ2v) is 10.9. The van der Waals surface area contributed by atoms with Gasteiger partial charge in [-0.3, -0.25) is 0 Å². The van der Waals surface area contributed by atoms with Gasteiger partial charge >= 0.3 is 204 Å². The maximum absolute atomic E-state index is 4.90. The van der Waals surface area contributed by atoms with E-state index < -0.39 is 0 Å². The summed E-state index contributed by atoms with van der Waals surface area (Å²) in [6, 6.07) is 29.7. The predicted octanol–water partition coefficient (Wildman–Crippen LogP) is 2.48. The number of nitrogens with zero attached hydrogens (tertiary/aromatic N) is 4. The molecule has 0 radical (unpaired) electrons. The second-order valence-electron chi connectivity index (χ2n) is 8.21. The third-order valence-electron chi connectivity index (χ3n) is 5.75. The Labute approximate surface area is 203 Å². The molecule has 5 heteroatoms. The molecule has 5 aromatic rings. The first kappa shape index (κ1) is 20.2. The molecule has 0 unspecified atom stereocenters. The van der Waals surface area contributed by atoms with Crippen molar-refractivity contribution in [2.75, 3.05) is 0 Å². The van der Waals surface area contributed by atoms with Crippen LogP contribution in [0.15, 0.2) is 91.1 Å². The molecule has 2 aromatic heterocycles. The van der Waals surface area contributed by atoms with Gasteiger partial charge in [0.25, 0.3) is 0 Å². The molecule has 0 fully saturated rings. The van der Waals surface area contributed by atoms with Crippen molar-refractivity contribution in [3.05, 3.63) is 106 Å². The molecule has 0 bridgehead atoms. The standard InChI is InChI=1S/C28H21IN4/c1-18-6-10-20(11-7-18)26-30-27(21-12-8-19(2)9-13-21)32-28(31-26)22-14-15-23-24(17-22)29-33-16-4-3-5-25(23)33/h3-17H,1-2H3. The number of benzene rings is 3. The number of halogens is 1. The van der Waals surface area contributed by atoms with Gasteiger partial charge in [-0.25, -0.2) is 0 Å². The topological polar surface area (TPSA) is 42.5 Å². The molecule has 0 saturated heterocycles. The average Bonchev–Trinajstić information content (AvgIpc) is 3.22. The predicted molar refractivity (Wildman–Crippen MR) is 125 cm³/mol. The van der Waals surface area contributed by atoms with Gasteiger partial charge in [0.2, 0.25) is 0 Å². The summed E-state index contributed by atoms with van der Waals surface area (Å²) < 4.78 is 3.78. The summed E-state index contributed by atoms with van der Waals surface area (Å²) in [5.41, 5.74) is 8.06. The first-order valence-corrected chi connectivity index (χ1v) is 12.9. The molecule has 0 saturated carbocycles. The second kappa shape index (κ2) is 8.15. The average molecular weight is 540 g/mol. The van der Waals surface area contributed by atoms with Crippen LogP contribution < -0.4 is 24.3 Å². The molecule has 3 aromatic carbocycles. The van der Waals surface area contributed by atoms with Gasteiger partial charge in [-0.15, -0.1) is 0 Å². The Kier molecular flexibility index (Phi) is 4.99. The molecular formula is C28H21IN4. The van der Waals surface area contributed by atoms with Gasteiger partial charge in [0, 0.05) is 0 Å². The van der Waals surface area contributed by atoms with E-state index in [0.717, 1.165) is 16.7 Å². The molecule has 0 amide bonds. The summed E-state index contributed by atoms with van der Waals surface area (Å²) >= 11 is -0.273. The van der Waals surface area contributed by atoms with Crippen molar-refractivity contribution in [1.82, 2.24) is 15.0 Å². The van der Waals surface area contributed by atoms with E-state index in [4.69, 9.17) is 15.0 Å². The summed E-state index contributed by atoms with van der Waals surface area (Å²) in [4.78, 5) is 14.7. The first-order valence-electron chi connectivity index (χ1n) is 10.9. The van der Waals surface area contributed by atoms with Gasteiger partial charge < -0.3 is 0 Å². The van der Waals surface area contributed by atoms with E-state index in [1.54, 1.807) is 0 Å². The van der Waals surface area contributed by atoms with Crippen LogP contribution in [-0.4, -0.2) is 15.0 Å². The summed E-state index contributed by atoms with van der Waals surface area (Å²) in [6.45, 7) is 4.17. The van der Waals surface area contributed by atoms with E-state index in [2.05, 4.69) is 108 Å². The van der Waals surface area contributed by atoms with Crippen LogP contribution in [0.4, 0.5) is 0 Å². The Hall–Kier alpha value is -3.45. The quantitative estimate of drug-likeness (QED) is 0.324.